The molecule has 2 aromatic rings. The van der Waals surface area contributed by atoms with E-state index in [1.807, 2.05) is 25.1 Å². The highest BCUT2D eigenvalue weighted by Gasteiger charge is 2.17. The summed E-state index contributed by atoms with van der Waals surface area (Å²) in [6, 6.07) is 6.81. The molecule has 1 aliphatic rings. The van der Waals surface area contributed by atoms with Crippen LogP contribution in [0, 0.1) is 0 Å². The van der Waals surface area contributed by atoms with Crippen molar-refractivity contribution in [2.45, 2.75) is 0 Å². The van der Waals surface area contributed by atoms with Gasteiger partial charge in [-0.25, -0.2) is 5.43 Å². The van der Waals surface area contributed by atoms with Crippen molar-refractivity contribution >= 4 is 24.1 Å². The van der Waals surface area contributed by atoms with Gasteiger partial charge in [-0.2, -0.15) is 20.1 Å². The molecule has 0 unspecified atom stereocenters. The maximum absolute atomic E-state index is 9.47. The van der Waals surface area contributed by atoms with Gasteiger partial charge in [0.2, 0.25) is 17.8 Å². The first-order valence-corrected chi connectivity index (χ1v) is 7.96. The van der Waals surface area contributed by atoms with Crippen molar-refractivity contribution in [2.75, 3.05) is 55.6 Å². The first-order valence-electron chi connectivity index (χ1n) is 7.96. The van der Waals surface area contributed by atoms with Gasteiger partial charge in [0.15, 0.2) is 0 Å². The number of nitrogens with zero attached hydrogens (tertiary/aromatic N) is 6. The third-order valence-corrected chi connectivity index (χ3v) is 3.55. The summed E-state index contributed by atoms with van der Waals surface area (Å²) < 4.78 is 5.37. The van der Waals surface area contributed by atoms with E-state index in [1.165, 1.54) is 0 Å². The summed E-state index contributed by atoms with van der Waals surface area (Å²) in [7, 11) is 3.75. The third kappa shape index (κ3) is 4.54. The monoisotopic (exact) mass is 343 g/mol. The largest absolute Gasteiger partial charge is 0.508 e. The Labute approximate surface area is 146 Å². The molecule has 1 saturated heterocycles. The summed E-state index contributed by atoms with van der Waals surface area (Å²) in [5, 5.41) is 13.6. The first kappa shape index (κ1) is 16.9. The molecule has 2 N–H and O–H groups in total. The fourth-order valence-electron chi connectivity index (χ4n) is 2.28. The number of anilines is 3. The van der Waals surface area contributed by atoms with E-state index in [0.29, 0.717) is 31.1 Å². The van der Waals surface area contributed by atoms with Crippen molar-refractivity contribution < 1.29 is 9.84 Å². The number of hydrogen-bond acceptors (Lipinski definition) is 9. The Hall–Kier alpha value is -2.94. The van der Waals surface area contributed by atoms with E-state index in [0.717, 1.165) is 18.7 Å². The van der Waals surface area contributed by atoms with Crippen LogP contribution >= 0.6 is 0 Å². The molecule has 1 fully saturated rings. The van der Waals surface area contributed by atoms with Crippen LogP contribution in [-0.2, 0) is 4.74 Å². The molecule has 0 atom stereocenters. The number of ether oxygens (including phenoxy) is 1. The Balaban J connectivity index is 1.78. The number of aromatic hydroxyl groups is 1. The van der Waals surface area contributed by atoms with Crippen LogP contribution < -0.4 is 15.2 Å². The van der Waals surface area contributed by atoms with E-state index < -0.39 is 0 Å². The van der Waals surface area contributed by atoms with E-state index in [-0.39, 0.29) is 5.75 Å². The molecule has 3 rings (SSSR count). The van der Waals surface area contributed by atoms with Gasteiger partial charge in [0.05, 0.1) is 19.4 Å². The van der Waals surface area contributed by atoms with Crippen LogP contribution in [0.25, 0.3) is 0 Å². The van der Waals surface area contributed by atoms with Crippen molar-refractivity contribution in [2.24, 2.45) is 5.10 Å². The van der Waals surface area contributed by atoms with Gasteiger partial charge in [0, 0.05) is 27.2 Å². The second kappa shape index (κ2) is 7.75. The minimum atomic E-state index is 0.189. The first-order chi connectivity index (χ1) is 12.1. The van der Waals surface area contributed by atoms with Crippen LogP contribution in [0.15, 0.2) is 29.4 Å². The van der Waals surface area contributed by atoms with Crippen LogP contribution in [-0.4, -0.2) is 66.7 Å². The molecule has 9 heteroatoms. The second-order valence-electron chi connectivity index (χ2n) is 5.72. The highest BCUT2D eigenvalue weighted by atomic mass is 16.5. The number of hydrogen-bond donors (Lipinski definition) is 2. The van der Waals surface area contributed by atoms with Gasteiger partial charge < -0.3 is 19.6 Å². The van der Waals surface area contributed by atoms with Crippen molar-refractivity contribution in [3.8, 4) is 5.75 Å². The Kier molecular flexibility index (Phi) is 5.24. The predicted octanol–water partition coefficient (Wildman–Crippen LogP) is 0.926. The molecule has 1 aromatic heterocycles. The molecule has 1 aromatic carbocycles. The number of aromatic nitrogens is 3. The summed E-state index contributed by atoms with van der Waals surface area (Å²) >= 11 is 0. The summed E-state index contributed by atoms with van der Waals surface area (Å²) in [4.78, 5) is 17.1. The average molecular weight is 343 g/mol. The van der Waals surface area contributed by atoms with Gasteiger partial charge in [-0.05, 0) is 17.7 Å². The van der Waals surface area contributed by atoms with Crippen molar-refractivity contribution in [1.82, 2.24) is 15.0 Å². The fourth-order valence-corrected chi connectivity index (χ4v) is 2.28. The van der Waals surface area contributed by atoms with Crippen LogP contribution in [0.2, 0.25) is 0 Å². The van der Waals surface area contributed by atoms with Crippen LogP contribution in [0.4, 0.5) is 17.8 Å². The molecule has 132 valence electrons. The number of benzene rings is 1. The SMILES string of the molecule is CN(C)c1nc(N/N=C\c2cccc(O)c2)nc(N2CCOCC2)n1. The molecule has 0 bridgehead atoms. The summed E-state index contributed by atoms with van der Waals surface area (Å²) in [5.41, 5.74) is 3.59. The van der Waals surface area contributed by atoms with E-state index >= 15 is 0 Å². The molecule has 0 amide bonds. The molecule has 9 nitrogen and oxygen atoms in total. The van der Waals surface area contributed by atoms with Gasteiger partial charge in [-0.3, -0.25) is 0 Å². The van der Waals surface area contributed by atoms with Crippen LogP contribution in [0.3, 0.4) is 0 Å². The average Bonchev–Trinajstić information content (AvgIpc) is 2.62. The fraction of sp³-hybridized carbons (Fsp3) is 0.375. The second-order valence-corrected chi connectivity index (χ2v) is 5.72. The highest BCUT2D eigenvalue weighted by molar-refractivity contribution is 5.80. The Morgan fingerprint density at radius 3 is 2.76 bits per heavy atom. The number of rotatable bonds is 5. The lowest BCUT2D eigenvalue weighted by molar-refractivity contribution is 0.122. The number of nitrogens with one attached hydrogen (secondary N) is 1. The molecular formula is C16H21N7O2. The zero-order valence-electron chi connectivity index (χ0n) is 14.3. The summed E-state index contributed by atoms with van der Waals surface area (Å²) in [6.07, 6.45) is 1.59. The standard InChI is InChI=1S/C16H21N7O2/c1-22(2)15-18-14(19-16(20-15)23-6-8-25-9-7-23)21-17-11-12-4-3-5-13(24)10-12/h3-5,10-11,24H,6-9H2,1-2H3,(H,18,19,20,21)/b17-11-. The molecule has 0 saturated carbocycles. The van der Waals surface area contributed by atoms with Gasteiger partial charge in [-0.15, -0.1) is 0 Å². The Bertz CT molecular complexity index is 745. The number of phenolic OH excluding ortho intramolecular Hbond substituents is 1. The lowest BCUT2D eigenvalue weighted by atomic mass is 10.2. The summed E-state index contributed by atoms with van der Waals surface area (Å²) in [6.45, 7) is 2.79. The van der Waals surface area contributed by atoms with Crippen molar-refractivity contribution in [1.29, 1.82) is 0 Å². The Morgan fingerprint density at radius 1 is 1.24 bits per heavy atom. The quantitative estimate of drug-likeness (QED) is 0.611. The zero-order valence-corrected chi connectivity index (χ0v) is 14.3. The molecule has 0 spiro atoms. The number of hydrazone groups is 1. The Morgan fingerprint density at radius 2 is 2.04 bits per heavy atom. The third-order valence-electron chi connectivity index (χ3n) is 3.55. The zero-order chi connectivity index (χ0) is 17.6. The normalized spacial score (nSPS) is 14.7. The minimum absolute atomic E-state index is 0.189. The lowest BCUT2D eigenvalue weighted by Gasteiger charge is -2.27. The van der Waals surface area contributed by atoms with E-state index in [2.05, 4.69) is 30.4 Å². The molecule has 2 heterocycles. The van der Waals surface area contributed by atoms with Gasteiger partial charge >= 0.3 is 0 Å². The molecule has 1 aliphatic heterocycles. The maximum Gasteiger partial charge on any atom is 0.250 e. The molecule has 25 heavy (non-hydrogen) atoms. The molecular weight excluding hydrogens is 322 g/mol. The van der Waals surface area contributed by atoms with E-state index in [4.69, 9.17) is 4.74 Å². The topological polar surface area (TPSA) is 99.0 Å². The van der Waals surface area contributed by atoms with Crippen LogP contribution in [0.5, 0.6) is 5.75 Å². The van der Waals surface area contributed by atoms with Gasteiger partial charge in [0.1, 0.15) is 5.75 Å². The maximum atomic E-state index is 9.47. The molecule has 0 radical (unpaired) electrons. The number of phenols is 1. The minimum Gasteiger partial charge on any atom is -0.508 e. The number of morpholine rings is 1. The van der Waals surface area contributed by atoms with E-state index in [9.17, 15) is 5.11 Å². The highest BCUT2D eigenvalue weighted by Crippen LogP contribution is 2.16. The smallest absolute Gasteiger partial charge is 0.250 e. The van der Waals surface area contributed by atoms with E-state index in [1.54, 1.807) is 24.4 Å². The van der Waals surface area contributed by atoms with Crippen molar-refractivity contribution in [3.05, 3.63) is 29.8 Å². The van der Waals surface area contributed by atoms with Gasteiger partial charge in [-0.1, -0.05) is 12.1 Å². The van der Waals surface area contributed by atoms with Crippen molar-refractivity contribution in [3.63, 3.8) is 0 Å². The van der Waals surface area contributed by atoms with Crippen LogP contribution in [0.1, 0.15) is 5.56 Å². The lowest BCUT2D eigenvalue weighted by Crippen LogP contribution is -2.37. The predicted molar refractivity (Wildman–Crippen MR) is 96.5 cm³/mol. The summed E-state index contributed by atoms with van der Waals surface area (Å²) in [5.74, 6) is 1.69. The van der Waals surface area contributed by atoms with Gasteiger partial charge in [0.25, 0.3) is 0 Å². The molecule has 0 aliphatic carbocycles.